The second-order valence-electron chi connectivity index (χ2n) is 5.37. The highest BCUT2D eigenvalue weighted by Crippen LogP contribution is 2.43. The third-order valence-electron chi connectivity index (χ3n) is 3.98. The molecule has 0 spiro atoms. The minimum atomic E-state index is -1.16. The Hall–Kier alpha value is -2.02. The van der Waals surface area contributed by atoms with Crippen molar-refractivity contribution in [3.8, 4) is 0 Å². The van der Waals surface area contributed by atoms with Crippen LogP contribution in [0.4, 0.5) is 0 Å². The van der Waals surface area contributed by atoms with Crippen LogP contribution in [0.1, 0.15) is 46.7 Å². The molecule has 21 heavy (non-hydrogen) atoms. The van der Waals surface area contributed by atoms with E-state index in [0.29, 0.717) is 13.2 Å². The Morgan fingerprint density at radius 2 is 2.00 bits per heavy atom. The van der Waals surface area contributed by atoms with E-state index in [4.69, 9.17) is 9.84 Å². The van der Waals surface area contributed by atoms with Gasteiger partial charge in [-0.3, -0.25) is 4.79 Å². The first-order valence-corrected chi connectivity index (χ1v) is 6.89. The van der Waals surface area contributed by atoms with E-state index >= 15 is 0 Å². The number of carboxylic acids is 1. The number of hydrogen-bond acceptors (Lipinski definition) is 5. The topological polar surface area (TPSA) is 101 Å². The molecule has 0 radical (unpaired) electrons. The average molecular weight is 293 g/mol. The minimum Gasteiger partial charge on any atom is -0.476 e. The Bertz CT molecular complexity index is 511. The molecule has 2 N–H and O–H groups in total. The van der Waals surface area contributed by atoms with E-state index in [-0.39, 0.29) is 22.7 Å². The third kappa shape index (κ3) is 3.75. The van der Waals surface area contributed by atoms with Gasteiger partial charge in [-0.2, -0.15) is 0 Å². The molecule has 1 aliphatic rings. The fraction of sp³-hybridized carbons (Fsp3) is 0.571. The molecule has 0 bridgehead atoms. The summed E-state index contributed by atoms with van der Waals surface area (Å²) in [6.45, 7) is 1.26. The van der Waals surface area contributed by atoms with E-state index in [2.05, 4.69) is 15.3 Å². The second-order valence-corrected chi connectivity index (χ2v) is 5.37. The van der Waals surface area contributed by atoms with Crippen molar-refractivity contribution in [3.05, 3.63) is 23.8 Å². The molecule has 7 heteroatoms. The normalized spacial score (nSPS) is 16.0. The van der Waals surface area contributed by atoms with Crippen molar-refractivity contribution in [1.29, 1.82) is 0 Å². The molecule has 2 rings (SSSR count). The van der Waals surface area contributed by atoms with Gasteiger partial charge < -0.3 is 15.2 Å². The molecule has 0 aliphatic heterocycles. The monoisotopic (exact) mass is 293 g/mol. The molecule has 1 aliphatic carbocycles. The smallest absolute Gasteiger partial charge is 0.356 e. The van der Waals surface area contributed by atoms with E-state index in [1.54, 1.807) is 7.11 Å². The lowest BCUT2D eigenvalue weighted by molar-refractivity contribution is 0.0629. The molecule has 0 saturated heterocycles. The van der Waals surface area contributed by atoms with Crippen LogP contribution in [0.5, 0.6) is 0 Å². The summed E-state index contributed by atoms with van der Waals surface area (Å²) in [6.07, 6.45) is 6.53. The molecule has 1 aromatic rings. The van der Waals surface area contributed by atoms with Gasteiger partial charge in [0.15, 0.2) is 5.69 Å². The average Bonchev–Trinajstić information content (AvgIpc) is 2.45. The molecule has 7 nitrogen and oxygen atoms in total. The van der Waals surface area contributed by atoms with Crippen LogP contribution in [0, 0.1) is 5.41 Å². The van der Waals surface area contributed by atoms with Gasteiger partial charge in [-0.15, -0.1) is 0 Å². The standard InChI is InChI=1S/C14H19N3O4/c1-21-6-5-14(3-2-4-14)9-17-12(18)10-7-16-11(8-15-10)13(19)20/h7-8H,2-6,9H2,1H3,(H,17,18)(H,19,20). The molecule has 0 unspecified atom stereocenters. The van der Waals surface area contributed by atoms with Crippen LogP contribution in [0.25, 0.3) is 0 Å². The summed E-state index contributed by atoms with van der Waals surface area (Å²) in [5, 5.41) is 11.6. The van der Waals surface area contributed by atoms with E-state index in [1.165, 1.54) is 12.6 Å². The van der Waals surface area contributed by atoms with Gasteiger partial charge in [0.05, 0.1) is 12.4 Å². The predicted molar refractivity (Wildman–Crippen MR) is 74.1 cm³/mol. The van der Waals surface area contributed by atoms with Crippen LogP contribution in [-0.2, 0) is 4.74 Å². The fourth-order valence-corrected chi connectivity index (χ4v) is 2.42. The van der Waals surface area contributed by atoms with Gasteiger partial charge in [0.2, 0.25) is 0 Å². The van der Waals surface area contributed by atoms with Crippen LogP contribution >= 0.6 is 0 Å². The zero-order chi connectivity index (χ0) is 15.3. The molecule has 1 fully saturated rings. The third-order valence-corrected chi connectivity index (χ3v) is 3.98. The Balaban J connectivity index is 1.90. The van der Waals surface area contributed by atoms with Crippen molar-refractivity contribution in [1.82, 2.24) is 15.3 Å². The number of carbonyl (C=O) groups excluding carboxylic acids is 1. The zero-order valence-corrected chi connectivity index (χ0v) is 12.0. The van der Waals surface area contributed by atoms with Crippen molar-refractivity contribution in [3.63, 3.8) is 0 Å². The van der Waals surface area contributed by atoms with Gasteiger partial charge in [-0.05, 0) is 24.7 Å². The summed E-state index contributed by atoms with van der Waals surface area (Å²) in [4.78, 5) is 30.2. The number of aromatic carboxylic acids is 1. The summed E-state index contributed by atoms with van der Waals surface area (Å²) < 4.78 is 5.11. The number of ether oxygens (including phenoxy) is 1. The van der Waals surface area contributed by atoms with Crippen LogP contribution < -0.4 is 5.32 Å². The van der Waals surface area contributed by atoms with Crippen LogP contribution in [0.15, 0.2) is 12.4 Å². The lowest BCUT2D eigenvalue weighted by Crippen LogP contribution is -2.43. The highest BCUT2D eigenvalue weighted by Gasteiger charge is 2.36. The summed E-state index contributed by atoms with van der Waals surface area (Å²) >= 11 is 0. The Morgan fingerprint density at radius 3 is 2.48 bits per heavy atom. The molecule has 1 saturated carbocycles. The maximum absolute atomic E-state index is 12.0. The first-order chi connectivity index (χ1) is 10.1. The van der Waals surface area contributed by atoms with Crippen LogP contribution in [-0.4, -0.2) is 47.2 Å². The first kappa shape index (κ1) is 15.4. The SMILES string of the molecule is COCCC1(CNC(=O)c2cnc(C(=O)O)cn2)CCC1. The second kappa shape index (κ2) is 6.62. The quantitative estimate of drug-likeness (QED) is 0.781. The summed E-state index contributed by atoms with van der Waals surface area (Å²) in [7, 11) is 1.67. The van der Waals surface area contributed by atoms with Gasteiger partial charge in [0.25, 0.3) is 5.91 Å². The van der Waals surface area contributed by atoms with Crippen molar-refractivity contribution >= 4 is 11.9 Å². The Kier molecular flexibility index (Phi) is 4.85. The van der Waals surface area contributed by atoms with Crippen molar-refractivity contribution in [2.24, 2.45) is 5.41 Å². The summed E-state index contributed by atoms with van der Waals surface area (Å²) in [5.41, 5.74) is 0.0726. The summed E-state index contributed by atoms with van der Waals surface area (Å²) in [5.74, 6) is -1.49. The molecule has 0 atom stereocenters. The number of amides is 1. The Morgan fingerprint density at radius 1 is 1.33 bits per heavy atom. The largest absolute Gasteiger partial charge is 0.476 e. The number of hydrogen-bond donors (Lipinski definition) is 2. The van der Waals surface area contributed by atoms with Gasteiger partial charge in [-0.25, -0.2) is 14.8 Å². The summed E-state index contributed by atoms with van der Waals surface area (Å²) in [6, 6.07) is 0. The highest BCUT2D eigenvalue weighted by atomic mass is 16.5. The van der Waals surface area contributed by atoms with E-state index in [1.807, 2.05) is 0 Å². The number of rotatable bonds is 7. The molecule has 1 aromatic heterocycles. The van der Waals surface area contributed by atoms with Gasteiger partial charge in [0, 0.05) is 20.3 Å². The maximum Gasteiger partial charge on any atom is 0.356 e. The number of carboxylic acid groups (broad SMARTS) is 1. The number of aromatic nitrogens is 2. The number of methoxy groups -OCH3 is 1. The van der Waals surface area contributed by atoms with E-state index < -0.39 is 5.97 Å². The number of nitrogens with zero attached hydrogens (tertiary/aromatic N) is 2. The molecule has 0 aromatic carbocycles. The molecule has 1 heterocycles. The lowest BCUT2D eigenvalue weighted by atomic mass is 9.67. The van der Waals surface area contributed by atoms with Crippen molar-refractivity contribution in [2.75, 3.05) is 20.3 Å². The van der Waals surface area contributed by atoms with E-state index in [0.717, 1.165) is 25.5 Å². The zero-order valence-electron chi connectivity index (χ0n) is 12.0. The maximum atomic E-state index is 12.0. The molecule has 1 amide bonds. The molecule has 114 valence electrons. The molecular formula is C14H19N3O4. The van der Waals surface area contributed by atoms with Crippen molar-refractivity contribution in [2.45, 2.75) is 25.7 Å². The fourth-order valence-electron chi connectivity index (χ4n) is 2.42. The minimum absolute atomic E-state index is 0.125. The number of nitrogens with one attached hydrogen (secondary N) is 1. The van der Waals surface area contributed by atoms with Gasteiger partial charge >= 0.3 is 5.97 Å². The molecular weight excluding hydrogens is 274 g/mol. The highest BCUT2D eigenvalue weighted by molar-refractivity contribution is 5.92. The van der Waals surface area contributed by atoms with Crippen molar-refractivity contribution < 1.29 is 19.4 Å². The Labute approximate surface area is 122 Å². The predicted octanol–water partition coefficient (Wildman–Crippen LogP) is 1.11. The number of carbonyl (C=O) groups is 2. The first-order valence-electron chi connectivity index (χ1n) is 6.89. The van der Waals surface area contributed by atoms with Crippen LogP contribution in [0.2, 0.25) is 0 Å². The van der Waals surface area contributed by atoms with E-state index in [9.17, 15) is 9.59 Å². The lowest BCUT2D eigenvalue weighted by Gasteiger charge is -2.42. The van der Waals surface area contributed by atoms with Crippen LogP contribution in [0.3, 0.4) is 0 Å². The van der Waals surface area contributed by atoms with Gasteiger partial charge in [-0.1, -0.05) is 6.42 Å². The van der Waals surface area contributed by atoms with Gasteiger partial charge in [0.1, 0.15) is 5.69 Å².